The Morgan fingerprint density at radius 3 is 2.67 bits per heavy atom. The maximum atomic E-state index is 6.09. The highest BCUT2D eigenvalue weighted by Gasteiger charge is 2.32. The molecule has 2 rings (SSSR count). The van der Waals surface area contributed by atoms with Crippen molar-refractivity contribution < 1.29 is 4.74 Å². The van der Waals surface area contributed by atoms with Crippen molar-refractivity contribution in [3.63, 3.8) is 0 Å². The van der Waals surface area contributed by atoms with Crippen molar-refractivity contribution in [1.82, 2.24) is 5.32 Å². The lowest BCUT2D eigenvalue weighted by Crippen LogP contribution is -2.37. The normalized spacial score (nSPS) is 29.8. The number of hydrogen-bond donors (Lipinski definition) is 1. The lowest BCUT2D eigenvalue weighted by Gasteiger charge is -2.27. The molecular weight excluding hydrogens is 210 g/mol. The summed E-state index contributed by atoms with van der Waals surface area (Å²) < 4.78 is 5.59. The molecule has 1 N–H and O–H groups in total. The average molecular weight is 232 g/mol. The summed E-state index contributed by atoms with van der Waals surface area (Å²) in [6.45, 7) is 3.04. The van der Waals surface area contributed by atoms with Crippen LogP contribution in [0.3, 0.4) is 0 Å². The summed E-state index contributed by atoms with van der Waals surface area (Å²) in [6, 6.07) is 0. The molecule has 3 heteroatoms. The number of nitrogens with one attached hydrogen (secondary N) is 1. The second kappa shape index (κ2) is 5.51. The summed E-state index contributed by atoms with van der Waals surface area (Å²) >= 11 is 6.09. The largest absolute Gasteiger partial charge is 0.377 e. The Bertz CT molecular complexity index is 186. The van der Waals surface area contributed by atoms with Crippen molar-refractivity contribution in [2.24, 2.45) is 5.41 Å². The summed E-state index contributed by atoms with van der Waals surface area (Å²) in [5.74, 6) is 0.811. The molecule has 1 heterocycles. The fourth-order valence-electron chi connectivity index (χ4n) is 2.79. The third kappa shape index (κ3) is 3.08. The highest BCUT2D eigenvalue weighted by Crippen LogP contribution is 2.38. The van der Waals surface area contributed by atoms with E-state index in [-0.39, 0.29) is 0 Å². The molecule has 1 aliphatic carbocycles. The molecule has 1 saturated carbocycles. The van der Waals surface area contributed by atoms with Gasteiger partial charge in [0.15, 0.2) is 0 Å². The van der Waals surface area contributed by atoms with Crippen LogP contribution >= 0.6 is 11.6 Å². The van der Waals surface area contributed by atoms with Gasteiger partial charge in [-0.1, -0.05) is 12.8 Å². The third-order valence-corrected chi connectivity index (χ3v) is 4.41. The molecule has 1 aliphatic heterocycles. The zero-order chi connectivity index (χ0) is 10.6. The van der Waals surface area contributed by atoms with Crippen molar-refractivity contribution in [2.75, 3.05) is 25.6 Å². The fourth-order valence-corrected chi connectivity index (χ4v) is 3.15. The van der Waals surface area contributed by atoms with Gasteiger partial charge >= 0.3 is 0 Å². The van der Waals surface area contributed by atoms with Crippen LogP contribution in [0, 0.1) is 5.41 Å². The molecule has 2 fully saturated rings. The summed E-state index contributed by atoms with van der Waals surface area (Å²) in [7, 11) is 0. The first-order valence-corrected chi connectivity index (χ1v) is 6.76. The molecule has 1 saturated heterocycles. The molecule has 0 aromatic carbocycles. The Morgan fingerprint density at radius 2 is 2.07 bits per heavy atom. The number of rotatable bonds is 5. The smallest absolute Gasteiger partial charge is 0.0700 e. The Morgan fingerprint density at radius 1 is 1.27 bits per heavy atom. The molecule has 0 aromatic heterocycles. The molecule has 88 valence electrons. The van der Waals surface area contributed by atoms with Crippen LogP contribution in [-0.4, -0.2) is 31.7 Å². The van der Waals surface area contributed by atoms with Crippen molar-refractivity contribution in [3.8, 4) is 0 Å². The van der Waals surface area contributed by atoms with E-state index in [1.165, 1.54) is 38.5 Å². The topological polar surface area (TPSA) is 21.3 Å². The second-order valence-corrected chi connectivity index (χ2v) is 5.37. The Labute approximate surface area is 97.7 Å². The molecule has 2 aliphatic rings. The minimum Gasteiger partial charge on any atom is -0.377 e. The van der Waals surface area contributed by atoms with Gasteiger partial charge in [0.25, 0.3) is 0 Å². The van der Waals surface area contributed by atoms with Crippen LogP contribution in [0.5, 0.6) is 0 Å². The Hall–Kier alpha value is 0.210. The first-order chi connectivity index (χ1) is 7.35. The number of ether oxygens (including phenoxy) is 1. The number of alkyl halides is 1. The SMILES string of the molecule is ClCC1(CNCC2CCCO2)CCCC1. The van der Waals surface area contributed by atoms with Crippen LogP contribution in [0.1, 0.15) is 38.5 Å². The first kappa shape index (κ1) is 11.7. The molecule has 0 aromatic rings. The maximum absolute atomic E-state index is 6.09. The van der Waals surface area contributed by atoms with Crippen molar-refractivity contribution >= 4 is 11.6 Å². The van der Waals surface area contributed by atoms with Gasteiger partial charge in [0.2, 0.25) is 0 Å². The standard InChI is InChI=1S/C12H22ClNO/c13-9-12(5-1-2-6-12)10-14-8-11-4-3-7-15-11/h11,14H,1-10H2. The third-order valence-electron chi connectivity index (χ3n) is 3.84. The lowest BCUT2D eigenvalue weighted by molar-refractivity contribution is 0.107. The molecule has 1 unspecified atom stereocenters. The van der Waals surface area contributed by atoms with E-state index in [0.29, 0.717) is 11.5 Å². The number of halogens is 1. The van der Waals surface area contributed by atoms with Crippen LogP contribution < -0.4 is 5.32 Å². The average Bonchev–Trinajstić information content (AvgIpc) is 2.89. The molecule has 0 spiro atoms. The van der Waals surface area contributed by atoms with Gasteiger partial charge in [-0.2, -0.15) is 0 Å². The van der Waals surface area contributed by atoms with Gasteiger partial charge in [-0.15, -0.1) is 11.6 Å². The fraction of sp³-hybridized carbons (Fsp3) is 1.00. The summed E-state index contributed by atoms with van der Waals surface area (Å²) in [6.07, 6.45) is 8.22. The monoisotopic (exact) mass is 231 g/mol. The van der Waals surface area contributed by atoms with Gasteiger partial charge in [-0.05, 0) is 31.1 Å². The summed E-state index contributed by atoms with van der Waals surface area (Å²) in [5.41, 5.74) is 0.389. The van der Waals surface area contributed by atoms with E-state index in [4.69, 9.17) is 16.3 Å². The molecule has 15 heavy (non-hydrogen) atoms. The van der Waals surface area contributed by atoms with Crippen LogP contribution in [-0.2, 0) is 4.74 Å². The van der Waals surface area contributed by atoms with E-state index >= 15 is 0 Å². The van der Waals surface area contributed by atoms with E-state index in [1.54, 1.807) is 0 Å². The van der Waals surface area contributed by atoms with Gasteiger partial charge in [0.05, 0.1) is 6.10 Å². The quantitative estimate of drug-likeness (QED) is 0.735. The van der Waals surface area contributed by atoms with Crippen LogP contribution in [0.4, 0.5) is 0 Å². The highest BCUT2D eigenvalue weighted by atomic mass is 35.5. The van der Waals surface area contributed by atoms with Gasteiger partial charge in [-0.3, -0.25) is 0 Å². The van der Waals surface area contributed by atoms with Crippen molar-refractivity contribution in [3.05, 3.63) is 0 Å². The maximum Gasteiger partial charge on any atom is 0.0700 e. The van der Waals surface area contributed by atoms with Gasteiger partial charge in [0.1, 0.15) is 0 Å². The van der Waals surface area contributed by atoms with E-state index in [1.807, 2.05) is 0 Å². The Kier molecular flexibility index (Phi) is 4.30. The second-order valence-electron chi connectivity index (χ2n) is 5.11. The zero-order valence-corrected chi connectivity index (χ0v) is 10.2. The van der Waals surface area contributed by atoms with Gasteiger partial charge < -0.3 is 10.1 Å². The van der Waals surface area contributed by atoms with E-state index in [0.717, 1.165) is 25.6 Å². The van der Waals surface area contributed by atoms with Crippen molar-refractivity contribution in [2.45, 2.75) is 44.6 Å². The van der Waals surface area contributed by atoms with Crippen LogP contribution in [0.25, 0.3) is 0 Å². The molecule has 0 radical (unpaired) electrons. The highest BCUT2D eigenvalue weighted by molar-refractivity contribution is 6.18. The lowest BCUT2D eigenvalue weighted by atomic mass is 9.88. The van der Waals surface area contributed by atoms with E-state index in [2.05, 4.69) is 5.32 Å². The van der Waals surface area contributed by atoms with E-state index in [9.17, 15) is 0 Å². The summed E-state index contributed by atoms with van der Waals surface area (Å²) in [5, 5.41) is 3.55. The van der Waals surface area contributed by atoms with Gasteiger partial charge in [-0.25, -0.2) is 0 Å². The minimum absolute atomic E-state index is 0.389. The molecule has 1 atom stereocenters. The molecule has 0 amide bonds. The van der Waals surface area contributed by atoms with Crippen LogP contribution in [0.2, 0.25) is 0 Å². The van der Waals surface area contributed by atoms with Gasteiger partial charge in [0, 0.05) is 25.6 Å². The minimum atomic E-state index is 0.389. The number of hydrogen-bond acceptors (Lipinski definition) is 2. The predicted molar refractivity (Wildman–Crippen MR) is 63.5 cm³/mol. The van der Waals surface area contributed by atoms with Crippen molar-refractivity contribution in [1.29, 1.82) is 0 Å². The Balaban J connectivity index is 1.67. The first-order valence-electron chi connectivity index (χ1n) is 6.23. The zero-order valence-electron chi connectivity index (χ0n) is 9.43. The molecular formula is C12H22ClNO. The molecule has 2 nitrogen and oxygen atoms in total. The van der Waals surface area contributed by atoms with E-state index < -0.39 is 0 Å². The summed E-state index contributed by atoms with van der Waals surface area (Å²) in [4.78, 5) is 0. The predicted octanol–water partition coefficient (Wildman–Crippen LogP) is 2.55. The molecule has 0 bridgehead atoms. The van der Waals surface area contributed by atoms with Crippen LogP contribution in [0.15, 0.2) is 0 Å².